The summed E-state index contributed by atoms with van der Waals surface area (Å²) >= 11 is 0. The molecule has 156 valence electrons. The van der Waals surface area contributed by atoms with Crippen LogP contribution in [0.2, 0.25) is 0 Å². The number of hydrogen-bond donors (Lipinski definition) is 0. The fourth-order valence-electron chi connectivity index (χ4n) is 5.10. The zero-order valence-electron chi connectivity index (χ0n) is 17.7. The van der Waals surface area contributed by atoms with E-state index < -0.39 is 0 Å². The van der Waals surface area contributed by atoms with Crippen molar-refractivity contribution in [2.24, 2.45) is 0 Å². The Hall–Kier alpha value is -3.48. The summed E-state index contributed by atoms with van der Waals surface area (Å²) in [5, 5.41) is 4.37. The molecule has 0 radical (unpaired) electrons. The van der Waals surface area contributed by atoms with E-state index >= 15 is 0 Å². The Kier molecular flexibility index (Phi) is 4.00. The molecule has 6 rings (SSSR count). The number of fused-ring (bicyclic) bond motifs is 2. The van der Waals surface area contributed by atoms with Gasteiger partial charge in [-0.05, 0) is 68.4 Å². The van der Waals surface area contributed by atoms with Crippen molar-refractivity contribution in [3.05, 3.63) is 70.2 Å². The molecular weight excluding hydrogens is 388 g/mol. The number of aryl methyl sites for hydroxylation is 2. The first-order chi connectivity index (χ1) is 15.1. The van der Waals surface area contributed by atoms with Gasteiger partial charge in [-0.2, -0.15) is 5.10 Å². The molecule has 0 saturated heterocycles. The Morgan fingerprint density at radius 3 is 2.65 bits per heavy atom. The van der Waals surface area contributed by atoms with Crippen molar-refractivity contribution in [1.82, 2.24) is 24.1 Å². The van der Waals surface area contributed by atoms with Crippen molar-refractivity contribution >= 4 is 11.2 Å². The molecular formula is C24H24N6O. The SMILES string of the molecule is Cc1c(-c2cccc3c2CCCN3C2CC2)c(C)n2c(=O)n(-c3ncccn3)ncc12. The predicted molar refractivity (Wildman–Crippen MR) is 120 cm³/mol. The Morgan fingerprint density at radius 2 is 1.87 bits per heavy atom. The molecule has 0 spiro atoms. The fourth-order valence-corrected chi connectivity index (χ4v) is 5.10. The van der Waals surface area contributed by atoms with E-state index in [2.05, 4.69) is 45.1 Å². The molecule has 7 heteroatoms. The van der Waals surface area contributed by atoms with E-state index in [9.17, 15) is 4.79 Å². The van der Waals surface area contributed by atoms with Crippen LogP contribution >= 0.6 is 0 Å². The average molecular weight is 412 g/mol. The lowest BCUT2D eigenvalue weighted by atomic mass is 9.90. The molecule has 0 unspecified atom stereocenters. The Morgan fingerprint density at radius 1 is 1.06 bits per heavy atom. The van der Waals surface area contributed by atoms with Crippen molar-refractivity contribution in [2.45, 2.75) is 45.6 Å². The minimum atomic E-state index is -0.250. The molecule has 0 atom stereocenters. The summed E-state index contributed by atoms with van der Waals surface area (Å²) in [6.07, 6.45) is 9.81. The third-order valence-corrected chi connectivity index (χ3v) is 6.65. The quantitative estimate of drug-likeness (QED) is 0.515. The molecule has 1 aliphatic heterocycles. The first-order valence-electron chi connectivity index (χ1n) is 10.9. The zero-order chi connectivity index (χ0) is 21.1. The molecule has 0 amide bonds. The second kappa shape index (κ2) is 6.77. The van der Waals surface area contributed by atoms with Gasteiger partial charge in [0, 0.05) is 41.9 Å². The average Bonchev–Trinajstić information content (AvgIpc) is 3.61. The highest BCUT2D eigenvalue weighted by Gasteiger charge is 2.33. The smallest absolute Gasteiger partial charge is 0.356 e. The number of rotatable bonds is 3. The highest BCUT2D eigenvalue weighted by Crippen LogP contribution is 2.42. The summed E-state index contributed by atoms with van der Waals surface area (Å²) in [5.74, 6) is 0.277. The summed E-state index contributed by atoms with van der Waals surface area (Å²) < 4.78 is 3.01. The highest BCUT2D eigenvalue weighted by molar-refractivity contribution is 5.84. The summed E-state index contributed by atoms with van der Waals surface area (Å²) in [6, 6.07) is 9.05. The summed E-state index contributed by atoms with van der Waals surface area (Å²) in [5.41, 5.74) is 7.75. The molecule has 7 nitrogen and oxygen atoms in total. The van der Waals surface area contributed by atoms with Gasteiger partial charge >= 0.3 is 5.69 Å². The van der Waals surface area contributed by atoms with E-state index in [0.717, 1.165) is 35.3 Å². The van der Waals surface area contributed by atoms with Gasteiger partial charge in [0.05, 0.1) is 11.7 Å². The van der Waals surface area contributed by atoms with Gasteiger partial charge in [0.1, 0.15) is 0 Å². The van der Waals surface area contributed by atoms with Gasteiger partial charge in [-0.15, -0.1) is 4.68 Å². The van der Waals surface area contributed by atoms with E-state index in [1.54, 1.807) is 29.1 Å². The number of anilines is 1. The summed E-state index contributed by atoms with van der Waals surface area (Å²) in [4.78, 5) is 24.3. The lowest BCUT2D eigenvalue weighted by Crippen LogP contribution is -2.31. The van der Waals surface area contributed by atoms with Crippen molar-refractivity contribution in [2.75, 3.05) is 11.4 Å². The third-order valence-electron chi connectivity index (χ3n) is 6.65. The largest absolute Gasteiger partial charge is 0.368 e. The molecule has 4 heterocycles. The predicted octanol–water partition coefficient (Wildman–Crippen LogP) is 3.47. The Labute approximate surface area is 180 Å². The summed E-state index contributed by atoms with van der Waals surface area (Å²) in [6.45, 7) is 5.25. The minimum absolute atomic E-state index is 0.250. The summed E-state index contributed by atoms with van der Waals surface area (Å²) in [7, 11) is 0. The first-order valence-corrected chi connectivity index (χ1v) is 10.9. The maximum atomic E-state index is 13.4. The number of hydrogen-bond acceptors (Lipinski definition) is 5. The van der Waals surface area contributed by atoms with Crippen LogP contribution in [0, 0.1) is 13.8 Å². The Balaban J connectivity index is 1.58. The monoisotopic (exact) mass is 412 g/mol. The normalized spacial score (nSPS) is 16.0. The van der Waals surface area contributed by atoms with Crippen molar-refractivity contribution in [3.63, 3.8) is 0 Å². The zero-order valence-corrected chi connectivity index (χ0v) is 17.7. The van der Waals surface area contributed by atoms with Gasteiger partial charge in [-0.1, -0.05) is 12.1 Å². The van der Waals surface area contributed by atoms with Gasteiger partial charge in [0.25, 0.3) is 5.95 Å². The molecule has 1 aromatic carbocycles. The molecule has 0 bridgehead atoms. The molecule has 4 aromatic rings. The van der Waals surface area contributed by atoms with E-state index in [1.165, 1.54) is 40.8 Å². The van der Waals surface area contributed by atoms with Crippen LogP contribution in [0.4, 0.5) is 5.69 Å². The minimum Gasteiger partial charge on any atom is -0.368 e. The molecule has 0 N–H and O–H groups in total. The van der Waals surface area contributed by atoms with Crippen LogP contribution in [0.3, 0.4) is 0 Å². The lowest BCUT2D eigenvalue weighted by Gasteiger charge is -2.33. The standard InChI is InChI=1S/C24H24N6O/c1-15-21-14-27-30(23-25-11-5-12-26-23)24(31)29(21)16(2)22(15)19-6-3-8-20-18(19)7-4-13-28(20)17-9-10-17/h3,5-6,8,11-12,14,17H,4,7,9-10,13H2,1-2H3. The maximum absolute atomic E-state index is 13.4. The molecule has 1 saturated carbocycles. The molecule has 3 aromatic heterocycles. The van der Waals surface area contributed by atoms with E-state index in [1.807, 2.05) is 6.92 Å². The number of nitrogens with zero attached hydrogens (tertiary/aromatic N) is 6. The second-order valence-electron chi connectivity index (χ2n) is 8.53. The maximum Gasteiger partial charge on any atom is 0.356 e. The van der Waals surface area contributed by atoms with Crippen LogP contribution in [-0.2, 0) is 6.42 Å². The van der Waals surface area contributed by atoms with Crippen molar-refractivity contribution < 1.29 is 0 Å². The van der Waals surface area contributed by atoms with E-state index in [4.69, 9.17) is 0 Å². The van der Waals surface area contributed by atoms with Crippen LogP contribution in [0.15, 0.2) is 47.7 Å². The van der Waals surface area contributed by atoms with Crippen LogP contribution in [-0.4, -0.2) is 36.7 Å². The van der Waals surface area contributed by atoms with Crippen LogP contribution in [0.1, 0.15) is 36.1 Å². The Bertz CT molecular complexity index is 1370. The fraction of sp³-hybridized carbons (Fsp3) is 0.333. The molecule has 1 aliphatic carbocycles. The van der Waals surface area contributed by atoms with Gasteiger partial charge < -0.3 is 4.90 Å². The van der Waals surface area contributed by atoms with Gasteiger partial charge in [-0.25, -0.2) is 14.8 Å². The van der Waals surface area contributed by atoms with Crippen molar-refractivity contribution in [3.8, 4) is 17.1 Å². The van der Waals surface area contributed by atoms with Crippen LogP contribution < -0.4 is 10.6 Å². The number of benzene rings is 1. The first kappa shape index (κ1) is 18.3. The third kappa shape index (κ3) is 2.72. The second-order valence-corrected chi connectivity index (χ2v) is 8.53. The van der Waals surface area contributed by atoms with E-state index in [-0.39, 0.29) is 11.6 Å². The number of aromatic nitrogens is 5. The van der Waals surface area contributed by atoms with Gasteiger partial charge in [0.15, 0.2) is 0 Å². The van der Waals surface area contributed by atoms with Crippen molar-refractivity contribution in [1.29, 1.82) is 0 Å². The van der Waals surface area contributed by atoms with Crippen LogP contribution in [0.5, 0.6) is 0 Å². The highest BCUT2D eigenvalue weighted by atomic mass is 16.2. The molecule has 31 heavy (non-hydrogen) atoms. The van der Waals surface area contributed by atoms with Crippen LogP contribution in [0.25, 0.3) is 22.6 Å². The van der Waals surface area contributed by atoms with Gasteiger partial charge in [0.2, 0.25) is 0 Å². The molecule has 1 fully saturated rings. The van der Waals surface area contributed by atoms with E-state index in [0.29, 0.717) is 6.04 Å². The van der Waals surface area contributed by atoms with Gasteiger partial charge in [-0.3, -0.25) is 4.40 Å². The topological polar surface area (TPSA) is 68.3 Å². The molecule has 2 aliphatic rings. The lowest BCUT2D eigenvalue weighted by molar-refractivity contribution is 0.689.